The fourth-order valence-electron chi connectivity index (χ4n) is 4.45. The van der Waals surface area contributed by atoms with Gasteiger partial charge >= 0.3 is 0 Å². The van der Waals surface area contributed by atoms with Gasteiger partial charge in [0.05, 0.1) is 31.4 Å². The Kier molecular flexibility index (Phi) is 12.0. The standard InChI is InChI=1S/C33H43N3O7S/c1-8-24(4)34-33(38)25(5)35(21-26-12-10-23(3)11-13-26)32(37)22-36(27-14-16-28(17-15-27)43-9-2)44(39,40)29-18-19-30(41-6)31(20-29)42-7/h10-20,24-25H,8-9,21-22H2,1-7H3,(H,34,38)/t24-,25-/m0/s1. The summed E-state index contributed by atoms with van der Waals surface area (Å²) in [6.07, 6.45) is 0.722. The zero-order chi connectivity index (χ0) is 32.4. The highest BCUT2D eigenvalue weighted by Crippen LogP contribution is 2.33. The van der Waals surface area contributed by atoms with E-state index in [1.807, 2.05) is 52.0 Å². The molecule has 0 aliphatic rings. The van der Waals surface area contributed by atoms with Crippen molar-refractivity contribution < 1.29 is 32.2 Å². The Labute approximate surface area is 261 Å². The molecule has 11 heteroatoms. The summed E-state index contributed by atoms with van der Waals surface area (Å²) in [5.74, 6) is 0.274. The number of ether oxygens (including phenoxy) is 3. The number of carbonyl (C=O) groups excluding carboxylic acids is 2. The molecule has 2 amide bonds. The van der Waals surface area contributed by atoms with Gasteiger partial charge in [0.25, 0.3) is 10.0 Å². The van der Waals surface area contributed by atoms with Crippen LogP contribution in [0.15, 0.2) is 71.6 Å². The minimum Gasteiger partial charge on any atom is -0.494 e. The monoisotopic (exact) mass is 625 g/mol. The van der Waals surface area contributed by atoms with Crippen LogP contribution < -0.4 is 23.8 Å². The number of benzene rings is 3. The Morgan fingerprint density at radius 2 is 1.52 bits per heavy atom. The van der Waals surface area contributed by atoms with Crippen molar-refractivity contribution in [2.75, 3.05) is 31.7 Å². The minimum atomic E-state index is -4.30. The molecule has 44 heavy (non-hydrogen) atoms. The van der Waals surface area contributed by atoms with E-state index in [0.717, 1.165) is 21.9 Å². The van der Waals surface area contributed by atoms with E-state index in [2.05, 4.69) is 5.32 Å². The first-order chi connectivity index (χ1) is 20.9. The average molecular weight is 626 g/mol. The Morgan fingerprint density at radius 1 is 0.886 bits per heavy atom. The van der Waals surface area contributed by atoms with Gasteiger partial charge in [-0.25, -0.2) is 8.42 Å². The third-order valence-corrected chi connectivity index (χ3v) is 9.07. The second-order valence-electron chi connectivity index (χ2n) is 10.5. The number of methoxy groups -OCH3 is 2. The zero-order valence-electron chi connectivity index (χ0n) is 26.5. The molecule has 3 rings (SSSR count). The molecule has 238 valence electrons. The molecule has 0 aliphatic heterocycles. The first-order valence-electron chi connectivity index (χ1n) is 14.6. The van der Waals surface area contributed by atoms with Gasteiger partial charge in [-0.15, -0.1) is 0 Å². The molecule has 2 atom stereocenters. The maximum Gasteiger partial charge on any atom is 0.264 e. The molecule has 0 saturated carbocycles. The normalized spacial score (nSPS) is 12.5. The van der Waals surface area contributed by atoms with Gasteiger partial charge < -0.3 is 24.4 Å². The Morgan fingerprint density at radius 3 is 2.09 bits per heavy atom. The number of nitrogens with one attached hydrogen (secondary N) is 1. The zero-order valence-corrected chi connectivity index (χ0v) is 27.3. The third kappa shape index (κ3) is 8.43. The van der Waals surface area contributed by atoms with Crippen LogP contribution in [0.5, 0.6) is 17.2 Å². The summed E-state index contributed by atoms with van der Waals surface area (Å²) in [5, 5.41) is 2.94. The van der Waals surface area contributed by atoms with E-state index in [1.54, 1.807) is 31.2 Å². The molecule has 0 heterocycles. The SMILES string of the molecule is CCOc1ccc(N(CC(=O)N(Cc2ccc(C)cc2)[C@@H](C)C(=O)N[C@@H](C)CC)S(=O)(=O)c2ccc(OC)c(OC)c2)cc1. The summed E-state index contributed by atoms with van der Waals surface area (Å²) in [7, 11) is -1.43. The van der Waals surface area contributed by atoms with Crippen molar-refractivity contribution in [1.29, 1.82) is 0 Å². The second-order valence-corrected chi connectivity index (χ2v) is 12.3. The van der Waals surface area contributed by atoms with Crippen LogP contribution in [0.25, 0.3) is 0 Å². The quantitative estimate of drug-likeness (QED) is 0.255. The number of rotatable bonds is 15. The third-order valence-electron chi connectivity index (χ3n) is 7.30. The van der Waals surface area contributed by atoms with Crippen LogP contribution in [0.4, 0.5) is 5.69 Å². The highest BCUT2D eigenvalue weighted by Gasteiger charge is 2.33. The Balaban J connectivity index is 2.07. The van der Waals surface area contributed by atoms with Crippen molar-refractivity contribution in [2.24, 2.45) is 0 Å². The van der Waals surface area contributed by atoms with Crippen molar-refractivity contribution in [3.63, 3.8) is 0 Å². The summed E-state index contributed by atoms with van der Waals surface area (Å²) in [4.78, 5) is 28.7. The summed E-state index contributed by atoms with van der Waals surface area (Å²) in [6, 6.07) is 17.4. The molecule has 10 nitrogen and oxygen atoms in total. The predicted molar refractivity (Wildman–Crippen MR) is 171 cm³/mol. The van der Waals surface area contributed by atoms with Crippen molar-refractivity contribution >= 4 is 27.5 Å². The number of sulfonamides is 1. The lowest BCUT2D eigenvalue weighted by Crippen LogP contribution is -2.52. The number of hydrogen-bond acceptors (Lipinski definition) is 7. The molecule has 1 N–H and O–H groups in total. The lowest BCUT2D eigenvalue weighted by Gasteiger charge is -2.32. The summed E-state index contributed by atoms with van der Waals surface area (Å²) < 4.78 is 45.6. The highest BCUT2D eigenvalue weighted by atomic mass is 32.2. The maximum absolute atomic E-state index is 14.2. The first kappa shape index (κ1) is 34.2. The fourth-order valence-corrected chi connectivity index (χ4v) is 5.88. The lowest BCUT2D eigenvalue weighted by molar-refractivity contribution is -0.139. The van der Waals surface area contributed by atoms with Gasteiger partial charge in [0.2, 0.25) is 11.8 Å². The molecule has 0 bridgehead atoms. The molecule has 0 fully saturated rings. The van der Waals surface area contributed by atoms with Gasteiger partial charge in [-0.3, -0.25) is 13.9 Å². The summed E-state index contributed by atoms with van der Waals surface area (Å²) in [6.45, 7) is 9.30. The maximum atomic E-state index is 14.2. The predicted octanol–water partition coefficient (Wildman–Crippen LogP) is 4.94. The molecule has 0 saturated heterocycles. The number of nitrogens with zero attached hydrogens (tertiary/aromatic N) is 2. The molecule has 3 aromatic carbocycles. The van der Waals surface area contributed by atoms with Gasteiger partial charge in [0.15, 0.2) is 11.5 Å². The van der Waals surface area contributed by atoms with E-state index in [4.69, 9.17) is 14.2 Å². The van der Waals surface area contributed by atoms with Crippen LogP contribution in [0.1, 0.15) is 45.2 Å². The van der Waals surface area contributed by atoms with Gasteiger partial charge in [-0.2, -0.15) is 0 Å². The molecule has 0 aromatic heterocycles. The Hall–Kier alpha value is -4.25. The number of hydrogen-bond donors (Lipinski definition) is 1. The number of carbonyl (C=O) groups is 2. The second kappa shape index (κ2) is 15.5. The van der Waals surface area contributed by atoms with Crippen molar-refractivity contribution in [3.05, 3.63) is 77.9 Å². The molecule has 0 radical (unpaired) electrons. The smallest absolute Gasteiger partial charge is 0.264 e. The van der Waals surface area contributed by atoms with Gasteiger partial charge in [0, 0.05) is 18.7 Å². The van der Waals surface area contributed by atoms with Crippen molar-refractivity contribution in [1.82, 2.24) is 10.2 Å². The van der Waals surface area contributed by atoms with E-state index in [9.17, 15) is 18.0 Å². The first-order valence-corrected chi connectivity index (χ1v) is 16.0. The van der Waals surface area contributed by atoms with Crippen molar-refractivity contribution in [3.8, 4) is 17.2 Å². The molecular weight excluding hydrogens is 582 g/mol. The average Bonchev–Trinajstić information content (AvgIpc) is 3.02. The van der Waals surface area contributed by atoms with Gasteiger partial charge in [-0.1, -0.05) is 36.8 Å². The lowest BCUT2D eigenvalue weighted by atomic mass is 10.1. The molecular formula is C33H43N3O7S. The topological polar surface area (TPSA) is 114 Å². The molecule has 0 spiro atoms. The Bertz CT molecular complexity index is 1510. The van der Waals surface area contributed by atoms with Crippen molar-refractivity contribution in [2.45, 2.75) is 64.6 Å². The van der Waals surface area contributed by atoms with Crippen LogP contribution in [0.3, 0.4) is 0 Å². The van der Waals surface area contributed by atoms with Crippen LogP contribution in [0, 0.1) is 6.92 Å². The highest BCUT2D eigenvalue weighted by molar-refractivity contribution is 7.92. The fraction of sp³-hybridized carbons (Fsp3) is 0.394. The summed E-state index contributed by atoms with van der Waals surface area (Å²) >= 11 is 0. The molecule has 3 aromatic rings. The van der Waals surface area contributed by atoms with E-state index >= 15 is 0 Å². The van der Waals surface area contributed by atoms with Crippen LogP contribution in [-0.2, 0) is 26.2 Å². The number of anilines is 1. The van der Waals surface area contributed by atoms with E-state index in [-0.39, 0.29) is 34.8 Å². The van der Waals surface area contributed by atoms with E-state index in [1.165, 1.54) is 37.3 Å². The largest absolute Gasteiger partial charge is 0.494 e. The van der Waals surface area contributed by atoms with Gasteiger partial charge in [-0.05, 0) is 76.1 Å². The summed E-state index contributed by atoms with van der Waals surface area (Å²) in [5.41, 5.74) is 2.11. The minimum absolute atomic E-state index is 0.0907. The number of amides is 2. The molecule has 0 unspecified atom stereocenters. The van der Waals surface area contributed by atoms with Gasteiger partial charge in [0.1, 0.15) is 18.3 Å². The number of aryl methyl sites for hydroxylation is 1. The van der Waals surface area contributed by atoms with E-state index < -0.39 is 28.5 Å². The molecule has 0 aliphatic carbocycles. The van der Waals surface area contributed by atoms with Crippen LogP contribution >= 0.6 is 0 Å². The van der Waals surface area contributed by atoms with E-state index in [0.29, 0.717) is 18.1 Å². The van der Waals surface area contributed by atoms with Crippen LogP contribution in [-0.4, -0.2) is 64.6 Å². The van der Waals surface area contributed by atoms with Crippen LogP contribution in [0.2, 0.25) is 0 Å².